The smallest absolute Gasteiger partial charge is 0.253 e. The van der Waals surface area contributed by atoms with Crippen LogP contribution in [0.2, 0.25) is 0 Å². The number of carbonyl (C=O) groups excluding carboxylic acids is 1. The number of benzene rings is 1. The summed E-state index contributed by atoms with van der Waals surface area (Å²) in [5.74, 6) is 2.50. The van der Waals surface area contributed by atoms with Crippen molar-refractivity contribution >= 4 is 5.91 Å². The van der Waals surface area contributed by atoms with Gasteiger partial charge in [-0.25, -0.2) is 0 Å². The maximum atomic E-state index is 12.6. The van der Waals surface area contributed by atoms with Crippen LogP contribution in [0.15, 0.2) is 28.8 Å². The molecule has 1 aromatic carbocycles. The molecule has 1 saturated heterocycles. The van der Waals surface area contributed by atoms with Crippen molar-refractivity contribution in [2.24, 2.45) is 5.92 Å². The third-order valence-electron chi connectivity index (χ3n) is 4.34. The van der Waals surface area contributed by atoms with E-state index in [1.165, 1.54) is 6.42 Å². The van der Waals surface area contributed by atoms with Crippen molar-refractivity contribution in [2.75, 3.05) is 13.1 Å². The van der Waals surface area contributed by atoms with Gasteiger partial charge in [0, 0.05) is 25.6 Å². The zero-order valence-electron chi connectivity index (χ0n) is 14.2. The van der Waals surface area contributed by atoms with Gasteiger partial charge in [0.1, 0.15) is 5.75 Å². The molecule has 6 heteroatoms. The summed E-state index contributed by atoms with van der Waals surface area (Å²) >= 11 is 0. The minimum absolute atomic E-state index is 0.101. The average Bonchev–Trinajstić information content (AvgIpc) is 2.88. The molecule has 1 aromatic heterocycles. The molecular weight excluding hydrogens is 306 g/mol. The highest BCUT2D eigenvalue weighted by Crippen LogP contribution is 2.20. The second-order valence-corrected chi connectivity index (χ2v) is 6.37. The lowest BCUT2D eigenvalue weighted by Gasteiger charge is -2.20. The van der Waals surface area contributed by atoms with E-state index in [4.69, 9.17) is 9.26 Å². The van der Waals surface area contributed by atoms with Crippen molar-refractivity contribution < 1.29 is 14.1 Å². The van der Waals surface area contributed by atoms with E-state index in [-0.39, 0.29) is 12.5 Å². The molecule has 1 aliphatic rings. The monoisotopic (exact) mass is 329 g/mol. The molecule has 1 fully saturated rings. The fourth-order valence-corrected chi connectivity index (χ4v) is 2.89. The van der Waals surface area contributed by atoms with E-state index < -0.39 is 0 Å². The molecular formula is C18H23N3O3. The number of aryl methyl sites for hydroxylation is 1. The van der Waals surface area contributed by atoms with Gasteiger partial charge in [0.05, 0.1) is 0 Å². The third-order valence-corrected chi connectivity index (χ3v) is 4.34. The average molecular weight is 329 g/mol. The van der Waals surface area contributed by atoms with Gasteiger partial charge >= 0.3 is 0 Å². The van der Waals surface area contributed by atoms with Crippen LogP contribution in [0.4, 0.5) is 0 Å². The summed E-state index contributed by atoms with van der Waals surface area (Å²) < 4.78 is 10.5. The molecule has 128 valence electrons. The van der Waals surface area contributed by atoms with Gasteiger partial charge in [-0.1, -0.05) is 12.1 Å². The van der Waals surface area contributed by atoms with Crippen molar-refractivity contribution in [3.63, 3.8) is 0 Å². The molecule has 2 aromatic rings. The Morgan fingerprint density at radius 3 is 2.79 bits per heavy atom. The van der Waals surface area contributed by atoms with Gasteiger partial charge < -0.3 is 14.2 Å². The molecule has 2 heterocycles. The van der Waals surface area contributed by atoms with Crippen LogP contribution in [0.1, 0.15) is 48.3 Å². The highest BCUT2D eigenvalue weighted by Gasteiger charge is 2.19. The largest absolute Gasteiger partial charge is 0.485 e. The van der Waals surface area contributed by atoms with Crippen LogP contribution in [0.25, 0.3) is 0 Å². The number of amides is 1. The fourth-order valence-electron chi connectivity index (χ4n) is 2.89. The van der Waals surface area contributed by atoms with Crippen molar-refractivity contribution in [1.82, 2.24) is 15.0 Å². The second-order valence-electron chi connectivity index (χ2n) is 6.37. The maximum absolute atomic E-state index is 12.6. The predicted octanol–water partition coefficient (Wildman–Crippen LogP) is 3.22. The first kappa shape index (κ1) is 16.5. The quantitative estimate of drug-likeness (QED) is 0.861. The maximum Gasteiger partial charge on any atom is 0.253 e. The van der Waals surface area contributed by atoms with Crippen LogP contribution in [0, 0.1) is 12.8 Å². The molecule has 0 bridgehead atoms. The molecule has 0 aliphatic carbocycles. The van der Waals surface area contributed by atoms with Gasteiger partial charge in [-0.3, -0.25) is 4.79 Å². The number of hydrogen-bond donors (Lipinski definition) is 0. The first-order valence-electron chi connectivity index (χ1n) is 8.43. The van der Waals surface area contributed by atoms with E-state index in [1.54, 1.807) is 19.1 Å². The van der Waals surface area contributed by atoms with Crippen molar-refractivity contribution in [2.45, 2.75) is 39.7 Å². The zero-order chi connectivity index (χ0) is 16.9. The summed E-state index contributed by atoms with van der Waals surface area (Å²) in [6.45, 7) is 5.93. The van der Waals surface area contributed by atoms with Gasteiger partial charge in [0.25, 0.3) is 5.91 Å². The summed E-state index contributed by atoms with van der Waals surface area (Å²) in [7, 11) is 0. The molecule has 1 atom stereocenters. The number of nitrogens with zero attached hydrogens (tertiary/aromatic N) is 3. The number of likely N-dealkylation sites (tertiary alicyclic amines) is 1. The molecule has 6 nitrogen and oxygen atoms in total. The summed E-state index contributed by atoms with van der Waals surface area (Å²) in [6.07, 6.45) is 3.36. The van der Waals surface area contributed by atoms with Crippen LogP contribution in [-0.2, 0) is 6.61 Å². The first-order chi connectivity index (χ1) is 11.6. The molecule has 24 heavy (non-hydrogen) atoms. The Balaban J connectivity index is 1.58. The van der Waals surface area contributed by atoms with Gasteiger partial charge in [0.2, 0.25) is 11.7 Å². The number of hydrogen-bond acceptors (Lipinski definition) is 5. The highest BCUT2D eigenvalue weighted by molar-refractivity contribution is 5.94. The van der Waals surface area contributed by atoms with E-state index in [1.807, 2.05) is 17.0 Å². The van der Waals surface area contributed by atoms with Gasteiger partial charge in [-0.05, 0) is 49.4 Å². The molecule has 3 rings (SSSR count). The number of aromatic nitrogens is 2. The van der Waals surface area contributed by atoms with Crippen molar-refractivity contribution in [1.29, 1.82) is 0 Å². The Morgan fingerprint density at radius 2 is 2.08 bits per heavy atom. The van der Waals surface area contributed by atoms with Gasteiger partial charge in [-0.15, -0.1) is 0 Å². The summed E-state index contributed by atoms with van der Waals surface area (Å²) in [4.78, 5) is 18.6. The van der Waals surface area contributed by atoms with Crippen LogP contribution in [0.5, 0.6) is 5.75 Å². The van der Waals surface area contributed by atoms with Gasteiger partial charge in [0.15, 0.2) is 6.61 Å². The van der Waals surface area contributed by atoms with Crippen molar-refractivity contribution in [3.8, 4) is 5.75 Å². The lowest BCUT2D eigenvalue weighted by molar-refractivity contribution is 0.0760. The molecule has 0 spiro atoms. The minimum atomic E-state index is 0.101. The summed E-state index contributed by atoms with van der Waals surface area (Å²) in [5.41, 5.74) is 0.701. The Morgan fingerprint density at radius 1 is 1.29 bits per heavy atom. The number of ether oxygens (including phenoxy) is 1. The summed E-state index contributed by atoms with van der Waals surface area (Å²) in [6, 6.07) is 7.24. The van der Waals surface area contributed by atoms with E-state index in [9.17, 15) is 4.79 Å². The number of carbonyl (C=O) groups is 1. The Hall–Kier alpha value is -2.37. The standard InChI is InChI=1S/C18H23N3O3/c1-13-4-3-10-21(11-9-13)18(22)15-5-7-16(8-6-15)23-12-17-19-14(2)24-20-17/h5-8,13H,3-4,9-12H2,1-2H3. The van der Waals surface area contributed by atoms with Crippen LogP contribution in [-0.4, -0.2) is 34.0 Å². The molecule has 0 N–H and O–H groups in total. The van der Waals surface area contributed by atoms with Crippen LogP contribution >= 0.6 is 0 Å². The molecule has 0 radical (unpaired) electrons. The van der Waals surface area contributed by atoms with Crippen LogP contribution < -0.4 is 4.74 Å². The fraction of sp³-hybridized carbons (Fsp3) is 0.500. The predicted molar refractivity (Wildman–Crippen MR) is 88.7 cm³/mol. The Bertz CT molecular complexity index is 681. The lowest BCUT2D eigenvalue weighted by Crippen LogP contribution is -2.31. The van der Waals surface area contributed by atoms with E-state index >= 15 is 0 Å². The normalized spacial score (nSPS) is 18.2. The van der Waals surface area contributed by atoms with Crippen LogP contribution in [0.3, 0.4) is 0 Å². The molecule has 1 amide bonds. The highest BCUT2D eigenvalue weighted by atomic mass is 16.5. The minimum Gasteiger partial charge on any atom is -0.485 e. The topological polar surface area (TPSA) is 68.5 Å². The lowest BCUT2D eigenvalue weighted by atomic mass is 10.0. The molecule has 1 unspecified atom stereocenters. The third kappa shape index (κ3) is 4.13. The van der Waals surface area contributed by atoms with E-state index in [2.05, 4.69) is 17.1 Å². The van der Waals surface area contributed by atoms with Crippen molar-refractivity contribution in [3.05, 3.63) is 41.5 Å². The second kappa shape index (κ2) is 7.47. The van der Waals surface area contributed by atoms with E-state index in [0.717, 1.165) is 25.9 Å². The SMILES string of the molecule is Cc1nc(COc2ccc(C(=O)N3CCCC(C)CC3)cc2)no1. The Labute approximate surface area is 141 Å². The first-order valence-corrected chi connectivity index (χ1v) is 8.43. The molecule has 1 aliphatic heterocycles. The molecule has 0 saturated carbocycles. The number of rotatable bonds is 4. The zero-order valence-corrected chi connectivity index (χ0v) is 14.2. The van der Waals surface area contributed by atoms with Gasteiger partial charge in [-0.2, -0.15) is 4.98 Å². The summed E-state index contributed by atoms with van der Waals surface area (Å²) in [5, 5.41) is 3.78. The van der Waals surface area contributed by atoms with E-state index in [0.29, 0.717) is 28.9 Å². The Kier molecular flexibility index (Phi) is 5.13.